The van der Waals surface area contributed by atoms with Crippen molar-refractivity contribution in [3.8, 4) is 0 Å². The zero-order valence-corrected chi connectivity index (χ0v) is 15.4. The lowest BCUT2D eigenvalue weighted by molar-refractivity contribution is 0.0878. The first kappa shape index (κ1) is 17.3. The molecule has 1 fully saturated rings. The zero-order chi connectivity index (χ0) is 17.8. The smallest absolute Gasteiger partial charge is 0.166 e. The molecule has 3 heteroatoms. The fourth-order valence-electron chi connectivity index (χ4n) is 4.34. The van der Waals surface area contributed by atoms with Crippen LogP contribution < -0.4 is 5.32 Å². The number of anilines is 1. The lowest BCUT2D eigenvalue weighted by Crippen LogP contribution is -2.40. The monoisotopic (exact) mass is 348 g/mol. The van der Waals surface area contributed by atoms with Crippen LogP contribution in [0, 0.1) is 5.92 Å². The third kappa shape index (κ3) is 3.99. The summed E-state index contributed by atoms with van der Waals surface area (Å²) in [5.74, 6) is 0.581. The molecule has 1 atom stereocenters. The molecular formula is C23H28N2O. The standard InChI is InChI=1S/C23H28N2O/c26-23-19(11-10-18-6-4-5-9-22(18)23)12-15-25-16-13-21(14-17-25)24-20-7-2-1-3-8-20/h1-9,19,21,24H,10-17H2. The lowest BCUT2D eigenvalue weighted by atomic mass is 9.81. The number of likely N-dealkylation sites (tertiary alicyclic amines) is 1. The third-order valence-electron chi connectivity index (χ3n) is 5.94. The van der Waals surface area contributed by atoms with Gasteiger partial charge in [0.1, 0.15) is 0 Å². The summed E-state index contributed by atoms with van der Waals surface area (Å²) in [6.07, 6.45) is 5.42. The molecule has 0 amide bonds. The Kier molecular flexibility index (Phi) is 5.35. The molecule has 1 aliphatic heterocycles. The molecule has 2 aromatic rings. The van der Waals surface area contributed by atoms with E-state index in [1.54, 1.807) is 0 Å². The molecule has 136 valence electrons. The number of para-hydroxylation sites is 1. The molecule has 0 radical (unpaired) electrons. The van der Waals surface area contributed by atoms with Crippen LogP contribution in [0.15, 0.2) is 54.6 Å². The molecule has 1 N–H and O–H groups in total. The summed E-state index contributed by atoms with van der Waals surface area (Å²) in [6, 6.07) is 19.2. The fourth-order valence-corrected chi connectivity index (χ4v) is 4.34. The van der Waals surface area contributed by atoms with Crippen molar-refractivity contribution < 1.29 is 4.79 Å². The van der Waals surface area contributed by atoms with E-state index >= 15 is 0 Å². The van der Waals surface area contributed by atoms with E-state index in [1.165, 1.54) is 24.1 Å². The van der Waals surface area contributed by atoms with Gasteiger partial charge in [0.25, 0.3) is 0 Å². The highest BCUT2D eigenvalue weighted by Gasteiger charge is 2.28. The van der Waals surface area contributed by atoms with E-state index in [0.717, 1.165) is 44.5 Å². The molecule has 0 aromatic heterocycles. The Hall–Kier alpha value is -2.13. The average molecular weight is 348 g/mol. The van der Waals surface area contributed by atoms with E-state index in [9.17, 15) is 4.79 Å². The van der Waals surface area contributed by atoms with Gasteiger partial charge in [-0.25, -0.2) is 0 Å². The second-order valence-corrected chi connectivity index (χ2v) is 7.67. The van der Waals surface area contributed by atoms with E-state index in [0.29, 0.717) is 11.8 Å². The molecule has 1 unspecified atom stereocenters. The van der Waals surface area contributed by atoms with Gasteiger partial charge in [-0.2, -0.15) is 0 Å². The molecule has 0 bridgehead atoms. The first-order valence-corrected chi connectivity index (χ1v) is 9.95. The SMILES string of the molecule is O=C1c2ccccc2CCC1CCN1CCC(Nc2ccccc2)CC1. The molecule has 0 saturated carbocycles. The number of rotatable bonds is 5. The Morgan fingerprint density at radius 1 is 0.923 bits per heavy atom. The summed E-state index contributed by atoms with van der Waals surface area (Å²) in [5, 5.41) is 3.64. The Labute approximate surface area is 156 Å². The van der Waals surface area contributed by atoms with E-state index < -0.39 is 0 Å². The number of hydrogen-bond acceptors (Lipinski definition) is 3. The predicted molar refractivity (Wildman–Crippen MR) is 107 cm³/mol. The van der Waals surface area contributed by atoms with Crippen molar-refractivity contribution >= 4 is 11.5 Å². The molecule has 1 heterocycles. The topological polar surface area (TPSA) is 32.3 Å². The van der Waals surface area contributed by atoms with Gasteiger partial charge >= 0.3 is 0 Å². The normalized spacial score (nSPS) is 21.4. The van der Waals surface area contributed by atoms with E-state index in [4.69, 9.17) is 0 Å². The van der Waals surface area contributed by atoms with Crippen molar-refractivity contribution in [1.82, 2.24) is 4.90 Å². The molecule has 0 spiro atoms. The highest BCUT2D eigenvalue weighted by Crippen LogP contribution is 2.28. The Morgan fingerprint density at radius 3 is 2.46 bits per heavy atom. The van der Waals surface area contributed by atoms with Gasteiger partial charge in [0.2, 0.25) is 0 Å². The van der Waals surface area contributed by atoms with Gasteiger partial charge in [0.15, 0.2) is 5.78 Å². The van der Waals surface area contributed by atoms with Crippen LogP contribution in [0.3, 0.4) is 0 Å². The fraction of sp³-hybridized carbons (Fsp3) is 0.435. The summed E-state index contributed by atoms with van der Waals surface area (Å²) in [4.78, 5) is 15.3. The van der Waals surface area contributed by atoms with Crippen molar-refractivity contribution in [3.05, 3.63) is 65.7 Å². The molecule has 1 aliphatic carbocycles. The van der Waals surface area contributed by atoms with Gasteiger partial charge in [0.05, 0.1) is 0 Å². The summed E-state index contributed by atoms with van der Waals surface area (Å²) in [6.45, 7) is 3.31. The number of carbonyl (C=O) groups excluding carboxylic acids is 1. The number of carbonyl (C=O) groups is 1. The van der Waals surface area contributed by atoms with Crippen molar-refractivity contribution in [2.75, 3.05) is 25.0 Å². The van der Waals surface area contributed by atoms with Gasteiger partial charge in [-0.1, -0.05) is 42.5 Å². The Morgan fingerprint density at radius 2 is 1.65 bits per heavy atom. The largest absolute Gasteiger partial charge is 0.382 e. The number of piperidine rings is 1. The highest BCUT2D eigenvalue weighted by molar-refractivity contribution is 6.00. The molecule has 2 aromatic carbocycles. The minimum absolute atomic E-state index is 0.213. The van der Waals surface area contributed by atoms with E-state index in [1.807, 2.05) is 18.2 Å². The van der Waals surface area contributed by atoms with Crippen LogP contribution in [-0.4, -0.2) is 36.4 Å². The minimum atomic E-state index is 0.213. The Balaban J connectivity index is 1.24. The van der Waals surface area contributed by atoms with Crippen LogP contribution in [0.5, 0.6) is 0 Å². The van der Waals surface area contributed by atoms with Gasteiger partial charge in [-0.05, 0) is 56.3 Å². The van der Waals surface area contributed by atoms with Crippen LogP contribution in [-0.2, 0) is 6.42 Å². The second kappa shape index (κ2) is 8.05. The van der Waals surface area contributed by atoms with Crippen molar-refractivity contribution in [2.24, 2.45) is 5.92 Å². The molecule has 1 saturated heterocycles. The first-order chi connectivity index (χ1) is 12.8. The summed E-state index contributed by atoms with van der Waals surface area (Å²) < 4.78 is 0. The van der Waals surface area contributed by atoms with Crippen molar-refractivity contribution in [1.29, 1.82) is 0 Å². The number of benzene rings is 2. The quantitative estimate of drug-likeness (QED) is 0.869. The number of Topliss-reactive ketones (excluding diaryl/α,β-unsaturated/α-hetero) is 1. The molecule has 2 aliphatic rings. The lowest BCUT2D eigenvalue weighted by Gasteiger charge is -2.34. The second-order valence-electron chi connectivity index (χ2n) is 7.67. The van der Waals surface area contributed by atoms with Gasteiger partial charge < -0.3 is 10.2 Å². The predicted octanol–water partition coefficient (Wildman–Crippen LogP) is 4.40. The number of ketones is 1. The summed E-state index contributed by atoms with van der Waals surface area (Å²) >= 11 is 0. The summed E-state index contributed by atoms with van der Waals surface area (Å²) in [5.41, 5.74) is 3.42. The number of nitrogens with zero attached hydrogens (tertiary/aromatic N) is 1. The zero-order valence-electron chi connectivity index (χ0n) is 15.4. The van der Waals surface area contributed by atoms with Crippen LogP contribution in [0.25, 0.3) is 0 Å². The number of fused-ring (bicyclic) bond motifs is 1. The Bertz CT molecular complexity index is 735. The van der Waals surface area contributed by atoms with Crippen LogP contribution in [0.2, 0.25) is 0 Å². The van der Waals surface area contributed by atoms with Gasteiger partial charge in [-0.15, -0.1) is 0 Å². The highest BCUT2D eigenvalue weighted by atomic mass is 16.1. The maximum absolute atomic E-state index is 12.7. The number of hydrogen-bond donors (Lipinski definition) is 1. The van der Waals surface area contributed by atoms with Crippen molar-refractivity contribution in [3.63, 3.8) is 0 Å². The van der Waals surface area contributed by atoms with Crippen LogP contribution in [0.1, 0.15) is 41.6 Å². The number of aryl methyl sites for hydroxylation is 1. The van der Waals surface area contributed by atoms with Gasteiger partial charge in [0, 0.05) is 36.3 Å². The average Bonchev–Trinajstić information content (AvgIpc) is 2.70. The van der Waals surface area contributed by atoms with Gasteiger partial charge in [-0.3, -0.25) is 4.79 Å². The van der Waals surface area contributed by atoms with Crippen molar-refractivity contribution in [2.45, 2.75) is 38.1 Å². The van der Waals surface area contributed by atoms with E-state index in [-0.39, 0.29) is 5.92 Å². The first-order valence-electron chi connectivity index (χ1n) is 9.95. The van der Waals surface area contributed by atoms with Crippen LogP contribution >= 0.6 is 0 Å². The molecule has 3 nitrogen and oxygen atoms in total. The maximum atomic E-state index is 12.7. The minimum Gasteiger partial charge on any atom is -0.382 e. The van der Waals surface area contributed by atoms with E-state index in [2.05, 4.69) is 46.6 Å². The third-order valence-corrected chi connectivity index (χ3v) is 5.94. The number of nitrogens with one attached hydrogen (secondary N) is 1. The van der Waals surface area contributed by atoms with Crippen LogP contribution in [0.4, 0.5) is 5.69 Å². The molecule has 26 heavy (non-hydrogen) atoms. The molecule has 4 rings (SSSR count). The maximum Gasteiger partial charge on any atom is 0.166 e. The summed E-state index contributed by atoms with van der Waals surface area (Å²) in [7, 11) is 0. The molecular weight excluding hydrogens is 320 g/mol.